The molecule has 22 heavy (non-hydrogen) atoms. The third-order valence-electron chi connectivity index (χ3n) is 4.95. The molecule has 3 aliphatic rings. The van der Waals surface area contributed by atoms with Gasteiger partial charge in [-0.1, -0.05) is 0 Å². The summed E-state index contributed by atoms with van der Waals surface area (Å²) in [6.45, 7) is 3.21. The average Bonchev–Trinajstić information content (AvgIpc) is 3.20. The van der Waals surface area contributed by atoms with E-state index >= 15 is 0 Å². The fraction of sp³-hybridized carbons (Fsp3) is 0.933. The summed E-state index contributed by atoms with van der Waals surface area (Å²) in [5, 5.41) is 0. The van der Waals surface area contributed by atoms with Gasteiger partial charge in [-0.25, -0.2) is 12.7 Å². The molecule has 3 fully saturated rings. The maximum absolute atomic E-state index is 12.9. The SMILES string of the molecule is CS(=O)(=O)N1CCCC(C(=O)N(CC2CCOC2)C2CC2)C1. The molecule has 0 aromatic heterocycles. The molecule has 2 unspecified atom stereocenters. The van der Waals surface area contributed by atoms with Crippen LogP contribution >= 0.6 is 0 Å². The number of hydrogen-bond donors (Lipinski definition) is 0. The summed E-state index contributed by atoms with van der Waals surface area (Å²) >= 11 is 0. The number of ether oxygens (including phenoxy) is 1. The first-order valence-corrected chi connectivity index (χ1v) is 10.1. The normalized spacial score (nSPS) is 30.4. The lowest BCUT2D eigenvalue weighted by atomic mass is 9.97. The van der Waals surface area contributed by atoms with Crippen LogP contribution in [0.25, 0.3) is 0 Å². The van der Waals surface area contributed by atoms with Gasteiger partial charge in [0.2, 0.25) is 15.9 Å². The highest BCUT2D eigenvalue weighted by atomic mass is 32.2. The lowest BCUT2D eigenvalue weighted by molar-refractivity contribution is -0.138. The van der Waals surface area contributed by atoms with E-state index in [1.165, 1.54) is 10.6 Å². The first-order chi connectivity index (χ1) is 10.4. The molecular weight excluding hydrogens is 304 g/mol. The van der Waals surface area contributed by atoms with Crippen LogP contribution < -0.4 is 0 Å². The van der Waals surface area contributed by atoms with Crippen molar-refractivity contribution < 1.29 is 17.9 Å². The summed E-state index contributed by atoms with van der Waals surface area (Å²) in [7, 11) is -3.20. The fourth-order valence-corrected chi connectivity index (χ4v) is 4.40. The predicted molar refractivity (Wildman–Crippen MR) is 82.8 cm³/mol. The number of amides is 1. The molecule has 2 atom stereocenters. The van der Waals surface area contributed by atoms with E-state index in [9.17, 15) is 13.2 Å². The summed E-state index contributed by atoms with van der Waals surface area (Å²) in [6, 6.07) is 0.377. The first kappa shape index (κ1) is 16.2. The molecular formula is C15H26N2O4S. The Morgan fingerprint density at radius 1 is 1.27 bits per heavy atom. The van der Waals surface area contributed by atoms with Crippen molar-refractivity contribution in [1.29, 1.82) is 0 Å². The predicted octanol–water partition coefficient (Wildman–Crippen LogP) is 0.686. The molecule has 0 aromatic rings. The van der Waals surface area contributed by atoms with Crippen molar-refractivity contribution in [2.45, 2.75) is 38.1 Å². The molecule has 2 heterocycles. The highest BCUT2D eigenvalue weighted by Gasteiger charge is 2.39. The molecule has 6 nitrogen and oxygen atoms in total. The molecule has 7 heteroatoms. The van der Waals surface area contributed by atoms with Crippen LogP contribution in [0.5, 0.6) is 0 Å². The number of rotatable bonds is 5. The monoisotopic (exact) mass is 330 g/mol. The number of carbonyl (C=O) groups excluding carboxylic acids is 1. The van der Waals surface area contributed by atoms with Crippen molar-refractivity contribution in [3.05, 3.63) is 0 Å². The Morgan fingerprint density at radius 2 is 2.05 bits per heavy atom. The molecule has 1 aliphatic carbocycles. The van der Waals surface area contributed by atoms with Gasteiger partial charge in [0.25, 0.3) is 0 Å². The quantitative estimate of drug-likeness (QED) is 0.744. The maximum Gasteiger partial charge on any atom is 0.227 e. The van der Waals surface area contributed by atoms with Gasteiger partial charge in [0.05, 0.1) is 18.8 Å². The van der Waals surface area contributed by atoms with Gasteiger partial charge < -0.3 is 9.64 Å². The van der Waals surface area contributed by atoms with Crippen LogP contribution in [-0.2, 0) is 19.6 Å². The van der Waals surface area contributed by atoms with Gasteiger partial charge >= 0.3 is 0 Å². The molecule has 2 saturated heterocycles. The minimum absolute atomic E-state index is 0.155. The fourth-order valence-electron chi connectivity index (χ4n) is 3.49. The molecule has 3 rings (SSSR count). The van der Waals surface area contributed by atoms with E-state index in [-0.39, 0.29) is 11.8 Å². The van der Waals surface area contributed by atoms with Crippen molar-refractivity contribution in [2.24, 2.45) is 11.8 Å². The van der Waals surface area contributed by atoms with Crippen molar-refractivity contribution in [3.63, 3.8) is 0 Å². The third kappa shape index (κ3) is 3.81. The van der Waals surface area contributed by atoms with Gasteiger partial charge in [-0.05, 0) is 32.1 Å². The largest absolute Gasteiger partial charge is 0.381 e. The summed E-state index contributed by atoms with van der Waals surface area (Å²) < 4.78 is 30.3. The van der Waals surface area contributed by atoms with Crippen molar-refractivity contribution >= 4 is 15.9 Å². The molecule has 1 amide bonds. The van der Waals surface area contributed by atoms with Crippen LogP contribution in [0.1, 0.15) is 32.1 Å². The first-order valence-electron chi connectivity index (χ1n) is 8.28. The van der Waals surface area contributed by atoms with Gasteiger partial charge in [0.15, 0.2) is 0 Å². The summed E-state index contributed by atoms with van der Waals surface area (Å²) in [4.78, 5) is 14.9. The lowest BCUT2D eigenvalue weighted by Crippen LogP contribution is -2.48. The second-order valence-corrected chi connectivity index (χ2v) is 8.89. The minimum atomic E-state index is -3.20. The number of carbonyl (C=O) groups is 1. The van der Waals surface area contributed by atoms with Crippen LogP contribution in [0.15, 0.2) is 0 Å². The lowest BCUT2D eigenvalue weighted by Gasteiger charge is -2.34. The van der Waals surface area contributed by atoms with Crippen molar-refractivity contribution in [1.82, 2.24) is 9.21 Å². The Hall–Kier alpha value is -0.660. The van der Waals surface area contributed by atoms with E-state index in [4.69, 9.17) is 4.74 Å². The van der Waals surface area contributed by atoms with Gasteiger partial charge in [-0.15, -0.1) is 0 Å². The van der Waals surface area contributed by atoms with E-state index < -0.39 is 10.0 Å². The zero-order chi connectivity index (χ0) is 15.7. The topological polar surface area (TPSA) is 66.9 Å². The van der Waals surface area contributed by atoms with Gasteiger partial charge in [-0.3, -0.25) is 4.79 Å². The van der Waals surface area contributed by atoms with E-state index in [0.717, 1.165) is 51.9 Å². The zero-order valence-electron chi connectivity index (χ0n) is 13.2. The second kappa shape index (κ2) is 6.45. The molecule has 2 aliphatic heterocycles. The minimum Gasteiger partial charge on any atom is -0.381 e. The Morgan fingerprint density at radius 3 is 2.64 bits per heavy atom. The van der Waals surface area contributed by atoms with E-state index in [0.29, 0.717) is 25.0 Å². The Kier molecular flexibility index (Phi) is 4.75. The van der Waals surface area contributed by atoms with Crippen molar-refractivity contribution in [2.75, 3.05) is 39.1 Å². The molecule has 0 aromatic carbocycles. The summed E-state index contributed by atoms with van der Waals surface area (Å²) in [5.41, 5.74) is 0. The summed E-state index contributed by atoms with van der Waals surface area (Å²) in [6.07, 6.45) is 6.00. The van der Waals surface area contributed by atoms with Gasteiger partial charge in [0.1, 0.15) is 0 Å². The van der Waals surface area contributed by atoms with Crippen LogP contribution in [-0.4, -0.2) is 68.7 Å². The van der Waals surface area contributed by atoms with Crippen LogP contribution in [0.4, 0.5) is 0 Å². The summed E-state index contributed by atoms with van der Waals surface area (Å²) in [5.74, 6) is 0.424. The molecule has 1 saturated carbocycles. The van der Waals surface area contributed by atoms with Crippen molar-refractivity contribution in [3.8, 4) is 0 Å². The molecule has 0 spiro atoms. The number of nitrogens with zero attached hydrogens (tertiary/aromatic N) is 2. The molecule has 0 N–H and O–H groups in total. The molecule has 126 valence electrons. The van der Waals surface area contributed by atoms with Crippen LogP contribution in [0.2, 0.25) is 0 Å². The Bertz CT molecular complexity index is 512. The number of piperidine rings is 1. The average molecular weight is 330 g/mol. The van der Waals surface area contributed by atoms with Crippen LogP contribution in [0.3, 0.4) is 0 Å². The highest BCUT2D eigenvalue weighted by Crippen LogP contribution is 2.32. The van der Waals surface area contributed by atoms with E-state index in [1.54, 1.807) is 0 Å². The Labute approximate surface area is 132 Å². The van der Waals surface area contributed by atoms with Crippen LogP contribution in [0, 0.1) is 11.8 Å². The Balaban J connectivity index is 1.64. The molecule has 0 radical (unpaired) electrons. The van der Waals surface area contributed by atoms with E-state index in [2.05, 4.69) is 0 Å². The molecule has 0 bridgehead atoms. The zero-order valence-corrected chi connectivity index (χ0v) is 14.1. The number of sulfonamides is 1. The van der Waals surface area contributed by atoms with Gasteiger partial charge in [-0.2, -0.15) is 0 Å². The van der Waals surface area contributed by atoms with E-state index in [1.807, 2.05) is 4.90 Å². The number of hydrogen-bond acceptors (Lipinski definition) is 4. The highest BCUT2D eigenvalue weighted by molar-refractivity contribution is 7.88. The maximum atomic E-state index is 12.9. The smallest absolute Gasteiger partial charge is 0.227 e. The standard InChI is InChI=1S/C15H26N2O4S/c1-22(19,20)16-7-2-3-13(10-16)15(18)17(14-4-5-14)9-12-6-8-21-11-12/h12-14H,2-11H2,1H3. The second-order valence-electron chi connectivity index (χ2n) is 6.91. The van der Waals surface area contributed by atoms with Gasteiger partial charge in [0, 0.05) is 38.2 Å². The third-order valence-corrected chi connectivity index (χ3v) is 6.22.